The monoisotopic (exact) mass is 466 g/mol. The second-order valence-electron chi connectivity index (χ2n) is 8.63. The number of hydrogen-bond donors (Lipinski definition) is 3. The number of benzene rings is 2. The zero-order valence-corrected chi connectivity index (χ0v) is 20.2. The Morgan fingerprint density at radius 1 is 1.03 bits per heavy atom. The Balaban J connectivity index is 1.51. The highest BCUT2D eigenvalue weighted by atomic mass is 32.2. The molecule has 1 aromatic heterocycles. The summed E-state index contributed by atoms with van der Waals surface area (Å²) in [4.78, 5) is 24.4. The van der Waals surface area contributed by atoms with Gasteiger partial charge in [-0.3, -0.25) is 9.59 Å². The van der Waals surface area contributed by atoms with E-state index in [1.165, 1.54) is 10.2 Å². The van der Waals surface area contributed by atoms with Gasteiger partial charge in [-0.2, -0.15) is 0 Å². The highest BCUT2D eigenvalue weighted by molar-refractivity contribution is 7.99. The number of nitrogens with two attached hydrogens (primary N) is 1. The van der Waals surface area contributed by atoms with Gasteiger partial charge in [0.15, 0.2) is 5.82 Å². The van der Waals surface area contributed by atoms with Gasteiger partial charge >= 0.3 is 0 Å². The average Bonchev–Trinajstić information content (AvgIpc) is 3.16. The molecule has 0 aliphatic rings. The summed E-state index contributed by atoms with van der Waals surface area (Å²) in [5, 5.41) is 14.1. The number of hydrogen-bond acceptors (Lipinski definition) is 6. The lowest BCUT2D eigenvalue weighted by atomic mass is 9.87. The molecule has 4 N–H and O–H groups in total. The smallest absolute Gasteiger partial charge is 0.243 e. The van der Waals surface area contributed by atoms with Gasteiger partial charge in [0, 0.05) is 11.3 Å². The quantitative estimate of drug-likeness (QED) is 0.346. The van der Waals surface area contributed by atoms with E-state index in [4.69, 9.17) is 5.84 Å². The molecule has 8 nitrogen and oxygen atoms in total. The first-order chi connectivity index (χ1) is 15.7. The van der Waals surface area contributed by atoms with Crippen LogP contribution in [0.15, 0.2) is 53.7 Å². The van der Waals surface area contributed by atoms with Crippen LogP contribution in [-0.2, 0) is 21.4 Å². The first kappa shape index (κ1) is 24.3. The van der Waals surface area contributed by atoms with Crippen molar-refractivity contribution >= 4 is 29.3 Å². The van der Waals surface area contributed by atoms with Crippen LogP contribution in [0.4, 0.5) is 5.69 Å². The lowest BCUT2D eigenvalue weighted by molar-refractivity contribution is -0.122. The summed E-state index contributed by atoms with van der Waals surface area (Å²) >= 11 is 1.16. The lowest BCUT2D eigenvalue weighted by Gasteiger charge is -2.19. The van der Waals surface area contributed by atoms with Crippen LogP contribution in [0.2, 0.25) is 0 Å². The zero-order valence-electron chi connectivity index (χ0n) is 19.4. The molecule has 2 amide bonds. The number of nitrogen functional groups attached to an aromatic ring is 1. The van der Waals surface area contributed by atoms with Gasteiger partial charge in [0.05, 0.1) is 12.3 Å². The fourth-order valence-electron chi connectivity index (χ4n) is 3.20. The van der Waals surface area contributed by atoms with Crippen molar-refractivity contribution in [3.05, 3.63) is 59.7 Å². The van der Waals surface area contributed by atoms with Crippen LogP contribution >= 0.6 is 11.8 Å². The number of thioether (sulfide) groups is 1. The first-order valence-corrected chi connectivity index (χ1v) is 11.8. The minimum atomic E-state index is -0.294. The molecule has 2 aromatic carbocycles. The largest absolute Gasteiger partial charge is 0.346 e. The van der Waals surface area contributed by atoms with Crippen LogP contribution in [0.3, 0.4) is 0 Å². The van der Waals surface area contributed by atoms with Gasteiger partial charge in [-0.1, -0.05) is 81.9 Å². The second-order valence-corrected chi connectivity index (χ2v) is 9.57. The molecule has 0 unspecified atom stereocenters. The molecule has 0 aliphatic heterocycles. The molecular weight excluding hydrogens is 436 g/mol. The third-order valence-corrected chi connectivity index (χ3v) is 6.07. The molecule has 0 radical (unpaired) electrons. The lowest BCUT2D eigenvalue weighted by Crippen LogP contribution is -2.34. The van der Waals surface area contributed by atoms with Gasteiger partial charge in [-0.05, 0) is 29.0 Å². The van der Waals surface area contributed by atoms with Gasteiger partial charge < -0.3 is 16.5 Å². The van der Waals surface area contributed by atoms with Gasteiger partial charge in [-0.15, -0.1) is 10.2 Å². The topological polar surface area (TPSA) is 115 Å². The van der Waals surface area contributed by atoms with Crippen LogP contribution in [0, 0.1) is 0 Å². The maximum Gasteiger partial charge on any atom is 0.243 e. The van der Waals surface area contributed by atoms with E-state index < -0.39 is 0 Å². The molecule has 174 valence electrons. The third kappa shape index (κ3) is 6.35. The average molecular weight is 467 g/mol. The van der Waals surface area contributed by atoms with Gasteiger partial charge in [0.25, 0.3) is 0 Å². The van der Waals surface area contributed by atoms with E-state index in [2.05, 4.69) is 41.6 Å². The molecule has 0 spiro atoms. The normalized spacial score (nSPS) is 11.3. The van der Waals surface area contributed by atoms with Crippen LogP contribution in [0.5, 0.6) is 0 Å². The Morgan fingerprint density at radius 3 is 2.39 bits per heavy atom. The van der Waals surface area contributed by atoms with Crippen molar-refractivity contribution in [3.8, 4) is 11.4 Å². The maximum absolute atomic E-state index is 12.2. The molecule has 9 heteroatoms. The van der Waals surface area contributed by atoms with E-state index in [0.29, 0.717) is 11.0 Å². The minimum absolute atomic E-state index is 0.0551. The van der Waals surface area contributed by atoms with E-state index in [1.54, 1.807) is 0 Å². The number of aryl methyl sites for hydroxylation is 1. The molecule has 1 heterocycles. The summed E-state index contributed by atoms with van der Waals surface area (Å²) in [7, 11) is 0. The van der Waals surface area contributed by atoms with Crippen molar-refractivity contribution in [1.29, 1.82) is 0 Å². The van der Waals surface area contributed by atoms with Crippen LogP contribution in [0.25, 0.3) is 11.4 Å². The number of rotatable bonds is 8. The van der Waals surface area contributed by atoms with Crippen molar-refractivity contribution in [2.24, 2.45) is 0 Å². The zero-order chi connectivity index (χ0) is 24.0. The van der Waals surface area contributed by atoms with E-state index in [-0.39, 0.29) is 29.5 Å². The molecule has 0 saturated heterocycles. The molecule has 0 bridgehead atoms. The van der Waals surface area contributed by atoms with Crippen LogP contribution < -0.4 is 16.5 Å². The third-order valence-electron chi connectivity index (χ3n) is 5.12. The minimum Gasteiger partial charge on any atom is -0.346 e. The predicted octanol–water partition coefficient (Wildman–Crippen LogP) is 3.37. The fourth-order valence-corrected chi connectivity index (χ4v) is 3.88. The molecule has 0 saturated carbocycles. The van der Waals surface area contributed by atoms with E-state index in [9.17, 15) is 9.59 Å². The molecule has 3 aromatic rings. The summed E-state index contributed by atoms with van der Waals surface area (Å²) in [5.41, 5.74) is 3.91. The van der Waals surface area contributed by atoms with E-state index >= 15 is 0 Å². The van der Waals surface area contributed by atoms with Gasteiger partial charge in [0.2, 0.25) is 17.0 Å². The van der Waals surface area contributed by atoms with Crippen molar-refractivity contribution < 1.29 is 9.59 Å². The van der Waals surface area contributed by atoms with Gasteiger partial charge in [0.1, 0.15) is 0 Å². The van der Waals surface area contributed by atoms with Crippen LogP contribution in [0.1, 0.15) is 38.8 Å². The van der Waals surface area contributed by atoms with Crippen molar-refractivity contribution in [2.75, 3.05) is 23.5 Å². The molecular formula is C24H30N6O2S. The maximum atomic E-state index is 12.2. The Kier molecular flexibility index (Phi) is 7.75. The molecule has 33 heavy (non-hydrogen) atoms. The number of nitrogens with one attached hydrogen (secondary N) is 2. The number of carbonyl (C=O) groups is 2. The number of carbonyl (C=O) groups excluding carboxylic acids is 2. The van der Waals surface area contributed by atoms with Gasteiger partial charge in [-0.25, -0.2) is 4.68 Å². The summed E-state index contributed by atoms with van der Waals surface area (Å²) in [5.74, 6) is 6.17. The van der Waals surface area contributed by atoms with Crippen molar-refractivity contribution in [3.63, 3.8) is 0 Å². The Morgan fingerprint density at radius 2 is 1.73 bits per heavy atom. The summed E-state index contributed by atoms with van der Waals surface area (Å²) < 4.78 is 1.37. The molecule has 3 rings (SSSR count). The Labute approximate surface area is 198 Å². The summed E-state index contributed by atoms with van der Waals surface area (Å²) in [6, 6.07) is 15.6. The number of amides is 2. The molecule has 0 atom stereocenters. The number of para-hydroxylation sites is 1. The fraction of sp³-hybridized carbons (Fsp3) is 0.333. The first-order valence-electron chi connectivity index (χ1n) is 10.8. The number of anilines is 1. The highest BCUT2D eigenvalue weighted by Crippen LogP contribution is 2.26. The molecule has 0 aliphatic carbocycles. The van der Waals surface area contributed by atoms with E-state index in [1.807, 2.05) is 55.5 Å². The number of aromatic nitrogens is 3. The highest BCUT2D eigenvalue weighted by Gasteiger charge is 2.17. The Bertz CT molecular complexity index is 1120. The second kappa shape index (κ2) is 10.5. The van der Waals surface area contributed by atoms with Crippen molar-refractivity contribution in [1.82, 2.24) is 20.2 Å². The van der Waals surface area contributed by atoms with Crippen molar-refractivity contribution in [2.45, 2.75) is 44.7 Å². The standard InChI is InChI=1S/C24H30N6O2S/c1-5-16-8-6-7-9-19(16)27-20(31)14-26-21(32)15-33-23-29-28-22(30(23)25)17-10-12-18(13-11-17)24(2,3)4/h6-13H,5,14-15,25H2,1-4H3,(H,26,32)(H,27,31). The summed E-state index contributed by atoms with van der Waals surface area (Å²) in [6.07, 6.45) is 0.807. The summed E-state index contributed by atoms with van der Waals surface area (Å²) in [6.45, 7) is 8.37. The van der Waals surface area contributed by atoms with Crippen LogP contribution in [-0.4, -0.2) is 39.0 Å². The number of nitrogens with zero attached hydrogens (tertiary/aromatic N) is 3. The predicted molar refractivity (Wildman–Crippen MR) is 132 cm³/mol. The van der Waals surface area contributed by atoms with E-state index in [0.717, 1.165) is 35.0 Å². The molecule has 0 fully saturated rings. The SMILES string of the molecule is CCc1ccccc1NC(=O)CNC(=O)CSc1nnc(-c2ccc(C(C)(C)C)cc2)n1N. The Hall–Kier alpha value is -3.33.